The van der Waals surface area contributed by atoms with E-state index in [1.165, 1.54) is 10.4 Å². The zero-order chi connectivity index (χ0) is 18.0. The number of thiophene rings is 1. The topological polar surface area (TPSA) is 83.7 Å². The summed E-state index contributed by atoms with van der Waals surface area (Å²) in [6.45, 7) is 5.26. The summed E-state index contributed by atoms with van der Waals surface area (Å²) in [6, 6.07) is 3.10. The second kappa shape index (κ2) is 9.01. The Bertz CT molecular complexity index is 692. The largest absolute Gasteiger partial charge is 0.340 e. The van der Waals surface area contributed by atoms with Crippen LogP contribution >= 0.6 is 35.3 Å². The number of hydrogen-bond acceptors (Lipinski definition) is 5. The van der Waals surface area contributed by atoms with Crippen LogP contribution in [-0.2, 0) is 14.8 Å². The van der Waals surface area contributed by atoms with E-state index in [1.807, 2.05) is 6.92 Å². The molecule has 1 aliphatic rings. The Morgan fingerprint density at radius 1 is 1.32 bits per heavy atom. The second-order valence-corrected chi connectivity index (χ2v) is 10.2. The Hall–Kier alpha value is -0.380. The Labute approximate surface area is 164 Å². The Kier molecular flexibility index (Phi) is 8.17. The van der Waals surface area contributed by atoms with Crippen LogP contribution in [0.3, 0.4) is 0 Å². The molecule has 1 fully saturated rings. The van der Waals surface area contributed by atoms with Gasteiger partial charge < -0.3 is 10.6 Å². The molecule has 6 nitrogen and oxygen atoms in total. The van der Waals surface area contributed by atoms with E-state index >= 15 is 0 Å². The highest BCUT2D eigenvalue weighted by molar-refractivity contribution is 7.91. The van der Waals surface area contributed by atoms with Crippen LogP contribution in [0.15, 0.2) is 16.3 Å². The van der Waals surface area contributed by atoms with Gasteiger partial charge in [-0.25, -0.2) is 8.42 Å². The number of rotatable bonds is 5. The second-order valence-electron chi connectivity index (χ2n) is 6.28. The van der Waals surface area contributed by atoms with Crippen molar-refractivity contribution in [3.05, 3.63) is 16.5 Å². The quantitative estimate of drug-likeness (QED) is 0.778. The van der Waals surface area contributed by atoms with Crippen molar-refractivity contribution in [1.29, 1.82) is 0 Å². The molecule has 0 aromatic carbocycles. The van der Waals surface area contributed by atoms with E-state index in [0.717, 1.165) is 17.8 Å². The van der Waals surface area contributed by atoms with Gasteiger partial charge in [-0.3, -0.25) is 4.79 Å². The Morgan fingerprint density at radius 2 is 2.00 bits per heavy atom. The van der Waals surface area contributed by atoms with Crippen LogP contribution in [0.25, 0.3) is 0 Å². The molecular weight excluding hydrogens is 405 g/mol. The first-order chi connectivity index (χ1) is 11.2. The number of hydrogen-bond donors (Lipinski definition) is 1. The fourth-order valence-electron chi connectivity index (χ4n) is 2.89. The van der Waals surface area contributed by atoms with Crippen molar-refractivity contribution >= 4 is 51.3 Å². The maximum Gasteiger partial charge on any atom is 0.252 e. The Morgan fingerprint density at radius 3 is 2.56 bits per heavy atom. The number of nitrogens with zero attached hydrogens (tertiary/aromatic N) is 2. The highest BCUT2D eigenvalue weighted by Crippen LogP contribution is 2.28. The number of carbonyl (C=O) groups excluding carboxylic acids is 1. The summed E-state index contributed by atoms with van der Waals surface area (Å²) in [4.78, 5) is 14.3. The molecule has 2 rings (SSSR count). The predicted octanol–water partition coefficient (Wildman–Crippen LogP) is 2.56. The van der Waals surface area contributed by atoms with Gasteiger partial charge in [0.05, 0.1) is 9.88 Å². The lowest BCUT2D eigenvalue weighted by molar-refractivity contribution is -0.136. The molecule has 1 aromatic heterocycles. The minimum Gasteiger partial charge on any atom is -0.340 e. The fourth-order valence-corrected chi connectivity index (χ4v) is 5.99. The number of amides is 1. The lowest BCUT2D eigenvalue weighted by Gasteiger charge is -2.31. The number of nitrogens with two attached hydrogens (primary N) is 1. The lowest BCUT2D eigenvalue weighted by atomic mass is 9.95. The van der Waals surface area contributed by atoms with Crippen LogP contribution in [0.5, 0.6) is 0 Å². The first-order valence-corrected chi connectivity index (χ1v) is 10.7. The highest BCUT2D eigenvalue weighted by atomic mass is 35.5. The summed E-state index contributed by atoms with van der Waals surface area (Å²) in [5.41, 5.74) is 5.23. The molecular formula is C15H25Cl2N3O3S2. The molecule has 10 heteroatoms. The van der Waals surface area contributed by atoms with Gasteiger partial charge in [0.25, 0.3) is 10.0 Å². The minimum absolute atomic E-state index is 0. The summed E-state index contributed by atoms with van der Waals surface area (Å²) < 4.78 is 27.5. The molecule has 2 N–H and O–H groups in total. The highest BCUT2D eigenvalue weighted by Gasteiger charge is 2.34. The molecule has 2 heterocycles. The molecule has 1 aliphatic heterocycles. The maximum absolute atomic E-state index is 12.7. The maximum atomic E-state index is 12.7. The third kappa shape index (κ3) is 5.30. The molecule has 1 atom stereocenters. The SMILES string of the molecule is CCCC(C)(N)C(=O)N1CCCN(S(=O)(=O)c2ccc(Cl)s2)CC1.Cl. The van der Waals surface area contributed by atoms with Crippen LogP contribution in [0.2, 0.25) is 4.34 Å². The van der Waals surface area contributed by atoms with Gasteiger partial charge in [-0.15, -0.1) is 23.7 Å². The monoisotopic (exact) mass is 429 g/mol. The predicted molar refractivity (Wildman–Crippen MR) is 104 cm³/mol. The van der Waals surface area contributed by atoms with Crippen LogP contribution in [0.1, 0.15) is 33.1 Å². The van der Waals surface area contributed by atoms with Crippen LogP contribution in [-0.4, -0.2) is 55.2 Å². The molecule has 1 saturated heterocycles. The van der Waals surface area contributed by atoms with E-state index in [4.69, 9.17) is 17.3 Å². The average molecular weight is 430 g/mol. The molecule has 1 aromatic rings. The van der Waals surface area contributed by atoms with Gasteiger partial charge in [0.2, 0.25) is 5.91 Å². The van der Waals surface area contributed by atoms with Gasteiger partial charge >= 0.3 is 0 Å². The number of sulfonamides is 1. The standard InChI is InChI=1S/C15H24ClN3O3S2.ClH/c1-3-7-15(2,17)14(20)18-8-4-9-19(11-10-18)24(21,22)13-6-5-12(16)23-13;/h5-6H,3-4,7-11,17H2,1-2H3;1H. The van der Waals surface area contributed by atoms with E-state index in [0.29, 0.717) is 36.8 Å². The van der Waals surface area contributed by atoms with E-state index in [2.05, 4.69) is 0 Å². The van der Waals surface area contributed by atoms with Crippen molar-refractivity contribution in [2.45, 2.75) is 42.9 Å². The van der Waals surface area contributed by atoms with E-state index < -0.39 is 15.6 Å². The normalized spacial score (nSPS) is 19.0. The first kappa shape index (κ1) is 22.7. The lowest BCUT2D eigenvalue weighted by Crippen LogP contribution is -2.54. The van der Waals surface area contributed by atoms with E-state index in [9.17, 15) is 13.2 Å². The van der Waals surface area contributed by atoms with Crippen molar-refractivity contribution in [3.8, 4) is 0 Å². The first-order valence-electron chi connectivity index (χ1n) is 8.02. The van der Waals surface area contributed by atoms with E-state index in [1.54, 1.807) is 17.9 Å². The molecule has 0 saturated carbocycles. The molecule has 144 valence electrons. The van der Waals surface area contributed by atoms with Crippen molar-refractivity contribution < 1.29 is 13.2 Å². The molecule has 0 aliphatic carbocycles. The molecule has 1 amide bonds. The zero-order valence-corrected chi connectivity index (χ0v) is 17.6. The smallest absolute Gasteiger partial charge is 0.252 e. The van der Waals surface area contributed by atoms with Crippen molar-refractivity contribution in [3.63, 3.8) is 0 Å². The molecule has 25 heavy (non-hydrogen) atoms. The van der Waals surface area contributed by atoms with Gasteiger partial charge in [0.1, 0.15) is 4.21 Å². The fraction of sp³-hybridized carbons (Fsp3) is 0.667. The van der Waals surface area contributed by atoms with Gasteiger partial charge in [-0.2, -0.15) is 4.31 Å². The third-order valence-corrected chi connectivity index (χ3v) is 7.74. The summed E-state index contributed by atoms with van der Waals surface area (Å²) in [6.07, 6.45) is 2.02. The zero-order valence-electron chi connectivity index (χ0n) is 14.4. The van der Waals surface area contributed by atoms with Crippen molar-refractivity contribution in [1.82, 2.24) is 9.21 Å². The Balaban J connectivity index is 0.00000312. The summed E-state index contributed by atoms with van der Waals surface area (Å²) >= 11 is 6.90. The minimum atomic E-state index is -3.56. The summed E-state index contributed by atoms with van der Waals surface area (Å²) in [7, 11) is -3.56. The third-order valence-electron chi connectivity index (χ3n) is 4.14. The molecule has 0 spiro atoms. The number of halogens is 2. The van der Waals surface area contributed by atoms with Gasteiger partial charge in [0, 0.05) is 26.2 Å². The van der Waals surface area contributed by atoms with E-state index in [-0.39, 0.29) is 29.1 Å². The van der Waals surface area contributed by atoms with Gasteiger partial charge in [-0.1, -0.05) is 24.9 Å². The van der Waals surface area contributed by atoms with Gasteiger partial charge in [-0.05, 0) is 31.9 Å². The number of carbonyl (C=O) groups is 1. The summed E-state index contributed by atoms with van der Waals surface area (Å²) in [5.74, 6) is -0.109. The van der Waals surface area contributed by atoms with Crippen molar-refractivity contribution in [2.24, 2.45) is 5.73 Å². The van der Waals surface area contributed by atoms with Crippen LogP contribution in [0.4, 0.5) is 0 Å². The summed E-state index contributed by atoms with van der Waals surface area (Å²) in [5, 5.41) is 0. The van der Waals surface area contributed by atoms with Crippen LogP contribution in [0, 0.1) is 0 Å². The molecule has 0 bridgehead atoms. The molecule has 0 radical (unpaired) electrons. The van der Waals surface area contributed by atoms with Gasteiger partial charge in [0.15, 0.2) is 0 Å². The van der Waals surface area contributed by atoms with Crippen LogP contribution < -0.4 is 5.73 Å². The molecule has 1 unspecified atom stereocenters. The average Bonchev–Trinajstić information content (AvgIpc) is 2.81. The van der Waals surface area contributed by atoms with Crippen molar-refractivity contribution in [2.75, 3.05) is 26.2 Å².